The van der Waals surface area contributed by atoms with E-state index in [9.17, 15) is 9.90 Å². The molecule has 3 heterocycles. The Labute approximate surface area is 274 Å². The van der Waals surface area contributed by atoms with E-state index in [1.54, 1.807) is 30.5 Å². The van der Waals surface area contributed by atoms with E-state index in [0.29, 0.717) is 37.2 Å². The monoisotopic (exact) mass is 628 g/mol. The molecule has 1 aliphatic carbocycles. The van der Waals surface area contributed by atoms with E-state index in [2.05, 4.69) is 45.0 Å². The average molecular weight is 629 g/mol. The summed E-state index contributed by atoms with van der Waals surface area (Å²) in [5, 5.41) is 10.2. The quantitative estimate of drug-likeness (QED) is 0.333. The molecule has 1 saturated carbocycles. The SMILES string of the molecule is CN(C(=O)C1(OC2CC2)CCN(C(/C=C(\N)c2ccccc2O)=C/N)CC1)C1CCN(CC2CCN(c3ccccc3)CC2)CC1. The van der Waals surface area contributed by atoms with Gasteiger partial charge in [0.15, 0.2) is 5.60 Å². The van der Waals surface area contributed by atoms with Crippen LogP contribution in [-0.2, 0) is 9.53 Å². The summed E-state index contributed by atoms with van der Waals surface area (Å²) < 4.78 is 6.60. The van der Waals surface area contributed by atoms with Crippen molar-refractivity contribution in [2.24, 2.45) is 17.4 Å². The van der Waals surface area contributed by atoms with Crippen LogP contribution in [0.3, 0.4) is 0 Å². The number of nitrogens with zero attached hydrogens (tertiary/aromatic N) is 4. The zero-order valence-corrected chi connectivity index (χ0v) is 27.4. The topological polar surface area (TPSA) is 112 Å². The zero-order chi connectivity index (χ0) is 32.1. The van der Waals surface area contributed by atoms with Gasteiger partial charge in [-0.05, 0) is 74.8 Å². The molecule has 9 heteroatoms. The van der Waals surface area contributed by atoms with Gasteiger partial charge in [0, 0.05) is 94.9 Å². The Morgan fingerprint density at radius 2 is 1.59 bits per heavy atom. The number of allylic oxidation sites excluding steroid dienone is 1. The number of ether oxygens (including phenoxy) is 1. The normalized spacial score (nSPS) is 22.2. The molecule has 4 fully saturated rings. The highest BCUT2D eigenvalue weighted by Gasteiger charge is 2.48. The van der Waals surface area contributed by atoms with Gasteiger partial charge in [-0.3, -0.25) is 4.79 Å². The van der Waals surface area contributed by atoms with E-state index in [1.807, 2.05) is 18.0 Å². The largest absolute Gasteiger partial charge is 0.507 e. The molecule has 0 unspecified atom stereocenters. The van der Waals surface area contributed by atoms with Crippen LogP contribution in [0.15, 0.2) is 72.6 Å². The van der Waals surface area contributed by atoms with Crippen LogP contribution < -0.4 is 16.4 Å². The minimum absolute atomic E-state index is 0.131. The van der Waals surface area contributed by atoms with Crippen molar-refractivity contribution in [2.45, 2.75) is 69.1 Å². The van der Waals surface area contributed by atoms with Crippen LogP contribution in [-0.4, -0.2) is 96.3 Å². The van der Waals surface area contributed by atoms with E-state index >= 15 is 0 Å². The van der Waals surface area contributed by atoms with Gasteiger partial charge >= 0.3 is 0 Å². The van der Waals surface area contributed by atoms with Gasteiger partial charge in [-0.2, -0.15) is 0 Å². The lowest BCUT2D eigenvalue weighted by molar-refractivity contribution is -0.169. The van der Waals surface area contributed by atoms with E-state index in [0.717, 1.165) is 70.0 Å². The molecule has 0 bridgehead atoms. The van der Waals surface area contributed by atoms with Crippen molar-refractivity contribution in [3.63, 3.8) is 0 Å². The Morgan fingerprint density at radius 1 is 0.935 bits per heavy atom. The maximum Gasteiger partial charge on any atom is 0.254 e. The molecular formula is C37H52N6O3. The molecule has 4 aliphatic rings. The van der Waals surface area contributed by atoms with E-state index in [-0.39, 0.29) is 23.8 Å². The van der Waals surface area contributed by atoms with Gasteiger partial charge < -0.3 is 40.9 Å². The van der Waals surface area contributed by atoms with E-state index in [1.165, 1.54) is 18.5 Å². The molecule has 3 saturated heterocycles. The number of para-hydroxylation sites is 2. The molecule has 6 rings (SSSR count). The van der Waals surface area contributed by atoms with Crippen LogP contribution in [0.1, 0.15) is 56.9 Å². The molecule has 5 N–H and O–H groups in total. The van der Waals surface area contributed by atoms with Crippen LogP contribution in [0.5, 0.6) is 5.75 Å². The standard InChI is InChI=1S/C37H52N6O3/c1-40(29-15-19-41(20-16-29)27-28-13-21-42(22-14-28)30-7-3-2-4-8-30)36(45)37(46-32-11-12-32)17-23-43(24-18-37)31(26-38)25-34(39)33-9-5-6-10-35(33)44/h2-10,25-26,28-29,32,44H,11-24,27,38-39H2,1H3/b31-26+,34-25-. The van der Waals surface area contributed by atoms with Gasteiger partial charge in [0.05, 0.1) is 11.8 Å². The summed E-state index contributed by atoms with van der Waals surface area (Å²) in [6, 6.07) is 18.0. The Bertz CT molecular complexity index is 1370. The molecule has 46 heavy (non-hydrogen) atoms. The second kappa shape index (κ2) is 14.4. The van der Waals surface area contributed by atoms with Crippen molar-refractivity contribution in [1.82, 2.24) is 14.7 Å². The summed E-state index contributed by atoms with van der Waals surface area (Å²) in [7, 11) is 1.99. The third-order valence-electron chi connectivity index (χ3n) is 10.6. The Hall–Kier alpha value is -3.69. The fourth-order valence-electron chi connectivity index (χ4n) is 7.57. The third-order valence-corrected chi connectivity index (χ3v) is 10.6. The van der Waals surface area contributed by atoms with Crippen LogP contribution in [0, 0.1) is 5.92 Å². The number of phenolic OH excluding ortho intramolecular Hbond substituents is 1. The number of benzene rings is 2. The second-order valence-corrected chi connectivity index (χ2v) is 13.7. The summed E-state index contributed by atoms with van der Waals surface area (Å²) in [6.07, 6.45) is 11.3. The highest BCUT2D eigenvalue weighted by Crippen LogP contribution is 2.38. The summed E-state index contributed by atoms with van der Waals surface area (Å²) >= 11 is 0. The number of aromatic hydroxyl groups is 1. The van der Waals surface area contributed by atoms with Gasteiger partial charge in [0.1, 0.15) is 5.75 Å². The van der Waals surface area contributed by atoms with Crippen molar-refractivity contribution < 1.29 is 14.6 Å². The third kappa shape index (κ3) is 7.47. The number of likely N-dealkylation sites (tertiary alicyclic amines) is 2. The van der Waals surface area contributed by atoms with E-state index < -0.39 is 5.60 Å². The first-order valence-electron chi connectivity index (χ1n) is 17.2. The number of carbonyl (C=O) groups excluding carboxylic acids is 1. The van der Waals surface area contributed by atoms with E-state index in [4.69, 9.17) is 16.2 Å². The molecule has 2 aromatic carbocycles. The summed E-state index contributed by atoms with van der Waals surface area (Å²) in [5.41, 5.74) is 14.7. The molecule has 9 nitrogen and oxygen atoms in total. The van der Waals surface area contributed by atoms with Gasteiger partial charge in [-0.15, -0.1) is 0 Å². The highest BCUT2D eigenvalue weighted by molar-refractivity contribution is 5.85. The van der Waals surface area contributed by atoms with Gasteiger partial charge in [0.2, 0.25) is 0 Å². The van der Waals surface area contributed by atoms with Crippen LogP contribution in [0.2, 0.25) is 0 Å². The Kier molecular flexibility index (Phi) is 10.1. The molecule has 0 spiro atoms. The maximum absolute atomic E-state index is 14.2. The summed E-state index contributed by atoms with van der Waals surface area (Å²) in [4.78, 5) is 23.6. The first-order chi connectivity index (χ1) is 22.3. The predicted octanol–water partition coefficient (Wildman–Crippen LogP) is 4.34. The van der Waals surface area contributed by atoms with Crippen molar-refractivity contribution in [3.8, 4) is 5.75 Å². The minimum atomic E-state index is -0.803. The summed E-state index contributed by atoms with van der Waals surface area (Å²) in [5.74, 6) is 1.01. The lowest BCUT2D eigenvalue weighted by Gasteiger charge is -2.46. The fourth-order valence-corrected chi connectivity index (χ4v) is 7.57. The second-order valence-electron chi connectivity index (χ2n) is 13.7. The minimum Gasteiger partial charge on any atom is -0.507 e. The number of amides is 1. The molecule has 248 valence electrons. The molecule has 3 aliphatic heterocycles. The van der Waals surface area contributed by atoms with Gasteiger partial charge in [0.25, 0.3) is 5.91 Å². The first kappa shape index (κ1) is 32.3. The number of anilines is 1. The number of piperidine rings is 3. The molecule has 0 atom stereocenters. The number of likely N-dealkylation sites (N-methyl/N-ethyl adjacent to an activating group) is 1. The number of hydrogen-bond acceptors (Lipinski definition) is 8. The van der Waals surface area contributed by atoms with Crippen molar-refractivity contribution in [2.75, 3.05) is 57.8 Å². The average Bonchev–Trinajstić information content (AvgIpc) is 3.92. The first-order valence-corrected chi connectivity index (χ1v) is 17.2. The number of hydrogen-bond donors (Lipinski definition) is 3. The van der Waals surface area contributed by atoms with Gasteiger partial charge in [-0.25, -0.2) is 0 Å². The zero-order valence-electron chi connectivity index (χ0n) is 27.4. The van der Waals surface area contributed by atoms with Gasteiger partial charge in [-0.1, -0.05) is 30.3 Å². The van der Waals surface area contributed by atoms with Crippen LogP contribution in [0.25, 0.3) is 5.70 Å². The summed E-state index contributed by atoms with van der Waals surface area (Å²) in [6.45, 7) is 6.79. The number of carbonyl (C=O) groups is 1. The van der Waals surface area contributed by atoms with Crippen LogP contribution >= 0.6 is 0 Å². The Morgan fingerprint density at radius 3 is 2.22 bits per heavy atom. The van der Waals surface area contributed by atoms with Crippen molar-refractivity contribution >= 4 is 17.3 Å². The fraction of sp³-hybridized carbons (Fsp3) is 0.541. The lowest BCUT2D eigenvalue weighted by atomic mass is 9.87. The Balaban J connectivity index is 1.01. The molecule has 0 aromatic heterocycles. The number of nitrogens with two attached hydrogens (primary N) is 2. The molecule has 2 aromatic rings. The molecule has 1 amide bonds. The maximum atomic E-state index is 14.2. The number of rotatable bonds is 10. The predicted molar refractivity (Wildman–Crippen MR) is 184 cm³/mol. The lowest BCUT2D eigenvalue weighted by Crippen LogP contribution is -2.58. The van der Waals surface area contributed by atoms with Crippen LogP contribution in [0.4, 0.5) is 5.69 Å². The molecule has 0 radical (unpaired) electrons. The molecular weight excluding hydrogens is 576 g/mol. The van der Waals surface area contributed by atoms with Crippen molar-refractivity contribution in [3.05, 3.63) is 78.1 Å². The van der Waals surface area contributed by atoms with Crippen molar-refractivity contribution in [1.29, 1.82) is 0 Å². The smallest absolute Gasteiger partial charge is 0.254 e. The highest BCUT2D eigenvalue weighted by atomic mass is 16.5. The number of phenols is 1.